The lowest BCUT2D eigenvalue weighted by molar-refractivity contribution is -0.130. The van der Waals surface area contributed by atoms with E-state index in [1.54, 1.807) is 0 Å². The summed E-state index contributed by atoms with van der Waals surface area (Å²) in [5.74, 6) is -0.345. The lowest BCUT2D eigenvalue weighted by atomic mass is 9.62. The van der Waals surface area contributed by atoms with Crippen LogP contribution in [-0.4, -0.2) is 5.91 Å². The summed E-state index contributed by atoms with van der Waals surface area (Å²) >= 11 is 0. The standard InChI is InChI=1S/C7H11N3O/c1-7(2)4-3-5(7)6(11)9-10-8/h5H,3-4H2,1-2H3. The van der Waals surface area contributed by atoms with Crippen molar-refractivity contribution in [1.29, 1.82) is 0 Å². The van der Waals surface area contributed by atoms with Crippen molar-refractivity contribution in [3.8, 4) is 0 Å². The number of carbonyl (C=O) groups excluding carboxylic acids is 1. The Bertz CT molecular complexity index is 228. The Labute approximate surface area is 65.2 Å². The summed E-state index contributed by atoms with van der Waals surface area (Å²) < 4.78 is 0. The van der Waals surface area contributed by atoms with E-state index in [0.717, 1.165) is 12.8 Å². The first-order chi connectivity index (χ1) is 5.08. The molecule has 1 aliphatic rings. The minimum Gasteiger partial charge on any atom is -0.292 e. The molecule has 60 valence electrons. The third-order valence-corrected chi connectivity index (χ3v) is 2.46. The Balaban J connectivity index is 2.63. The van der Waals surface area contributed by atoms with Crippen LogP contribution in [0.4, 0.5) is 0 Å². The quantitative estimate of drug-likeness (QED) is 0.323. The van der Waals surface area contributed by atoms with Gasteiger partial charge in [-0.2, -0.15) is 0 Å². The van der Waals surface area contributed by atoms with Gasteiger partial charge in [0.25, 0.3) is 0 Å². The van der Waals surface area contributed by atoms with Crippen molar-refractivity contribution in [2.45, 2.75) is 26.7 Å². The van der Waals surface area contributed by atoms with Gasteiger partial charge >= 0.3 is 0 Å². The third-order valence-electron chi connectivity index (χ3n) is 2.46. The van der Waals surface area contributed by atoms with Gasteiger partial charge in [0.15, 0.2) is 0 Å². The monoisotopic (exact) mass is 153 g/mol. The topological polar surface area (TPSA) is 65.8 Å². The third kappa shape index (κ3) is 1.35. The summed E-state index contributed by atoms with van der Waals surface area (Å²) in [6.45, 7) is 4.04. The molecule has 1 saturated carbocycles. The number of carbonyl (C=O) groups is 1. The van der Waals surface area contributed by atoms with E-state index in [1.165, 1.54) is 0 Å². The van der Waals surface area contributed by atoms with Crippen molar-refractivity contribution in [2.24, 2.45) is 16.4 Å². The lowest BCUT2D eigenvalue weighted by Gasteiger charge is -2.42. The molecule has 4 heteroatoms. The van der Waals surface area contributed by atoms with E-state index in [4.69, 9.17) is 5.53 Å². The van der Waals surface area contributed by atoms with Gasteiger partial charge in [0.05, 0.1) is 0 Å². The molecule has 0 aromatic carbocycles. The fourth-order valence-corrected chi connectivity index (χ4v) is 1.44. The lowest BCUT2D eigenvalue weighted by Crippen LogP contribution is -2.39. The zero-order valence-electron chi connectivity index (χ0n) is 6.74. The van der Waals surface area contributed by atoms with Gasteiger partial charge in [-0.05, 0) is 28.9 Å². The Kier molecular flexibility index (Phi) is 1.87. The van der Waals surface area contributed by atoms with E-state index in [0.29, 0.717) is 0 Å². The van der Waals surface area contributed by atoms with Gasteiger partial charge in [0.1, 0.15) is 0 Å². The highest BCUT2D eigenvalue weighted by atomic mass is 16.2. The second-order valence-corrected chi connectivity index (χ2v) is 3.61. The molecular formula is C7H11N3O. The first-order valence-electron chi connectivity index (χ1n) is 3.67. The molecule has 0 aliphatic heterocycles. The predicted molar refractivity (Wildman–Crippen MR) is 40.7 cm³/mol. The molecule has 1 aliphatic carbocycles. The number of rotatable bonds is 1. The summed E-state index contributed by atoms with van der Waals surface area (Å²) in [4.78, 5) is 13.5. The molecule has 4 nitrogen and oxygen atoms in total. The molecule has 0 spiro atoms. The maximum absolute atomic E-state index is 11.0. The molecule has 0 heterocycles. The van der Waals surface area contributed by atoms with Crippen molar-refractivity contribution in [2.75, 3.05) is 0 Å². The fraction of sp³-hybridized carbons (Fsp3) is 0.857. The maximum atomic E-state index is 11.0. The Morgan fingerprint density at radius 1 is 1.73 bits per heavy atom. The minimum absolute atomic E-state index is 0.0431. The number of nitrogens with zero attached hydrogens (tertiary/aromatic N) is 3. The van der Waals surface area contributed by atoms with Gasteiger partial charge in [0, 0.05) is 10.8 Å². The molecule has 1 fully saturated rings. The highest BCUT2D eigenvalue weighted by Gasteiger charge is 2.42. The van der Waals surface area contributed by atoms with E-state index < -0.39 is 0 Å². The number of hydrogen-bond donors (Lipinski definition) is 0. The Hall–Kier alpha value is -1.02. The zero-order valence-corrected chi connectivity index (χ0v) is 6.74. The smallest absolute Gasteiger partial charge is 0.222 e. The molecule has 0 saturated heterocycles. The molecule has 0 N–H and O–H groups in total. The molecule has 1 amide bonds. The van der Waals surface area contributed by atoms with Crippen LogP contribution in [0.1, 0.15) is 26.7 Å². The Morgan fingerprint density at radius 3 is 2.64 bits per heavy atom. The van der Waals surface area contributed by atoms with Crippen LogP contribution in [0.15, 0.2) is 5.11 Å². The minimum atomic E-state index is -0.302. The second-order valence-electron chi connectivity index (χ2n) is 3.61. The molecule has 11 heavy (non-hydrogen) atoms. The number of amides is 1. The van der Waals surface area contributed by atoms with E-state index in [-0.39, 0.29) is 17.2 Å². The summed E-state index contributed by atoms with van der Waals surface area (Å²) in [5.41, 5.74) is 8.06. The molecule has 1 unspecified atom stereocenters. The molecule has 0 aromatic heterocycles. The van der Waals surface area contributed by atoms with Gasteiger partial charge in [-0.3, -0.25) is 4.79 Å². The van der Waals surface area contributed by atoms with Crippen LogP contribution in [0, 0.1) is 11.3 Å². The average molecular weight is 153 g/mol. The summed E-state index contributed by atoms with van der Waals surface area (Å²) in [5, 5.41) is 3.08. The van der Waals surface area contributed by atoms with Crippen LogP contribution in [0.2, 0.25) is 0 Å². The highest BCUT2D eigenvalue weighted by Crippen LogP contribution is 2.46. The SMILES string of the molecule is CC1(C)CCC1C(=O)N=[N+]=[N-]. The molecule has 1 rings (SSSR count). The molecule has 0 aromatic rings. The highest BCUT2D eigenvalue weighted by molar-refractivity contribution is 5.81. The van der Waals surface area contributed by atoms with Gasteiger partial charge < -0.3 is 0 Å². The average Bonchev–Trinajstić information content (AvgIpc) is 1.86. The first kappa shape index (κ1) is 8.08. The largest absolute Gasteiger partial charge is 0.292 e. The fourth-order valence-electron chi connectivity index (χ4n) is 1.44. The van der Waals surface area contributed by atoms with Crippen LogP contribution in [-0.2, 0) is 4.79 Å². The Morgan fingerprint density at radius 2 is 2.36 bits per heavy atom. The second kappa shape index (κ2) is 2.55. The van der Waals surface area contributed by atoms with Crippen molar-refractivity contribution < 1.29 is 4.79 Å². The number of azide groups is 1. The van der Waals surface area contributed by atoms with Crippen molar-refractivity contribution >= 4 is 5.91 Å². The summed E-state index contributed by atoms with van der Waals surface area (Å²) in [6, 6.07) is 0. The van der Waals surface area contributed by atoms with Crippen molar-refractivity contribution in [3.63, 3.8) is 0 Å². The summed E-state index contributed by atoms with van der Waals surface area (Å²) in [7, 11) is 0. The van der Waals surface area contributed by atoms with Crippen molar-refractivity contribution in [1.82, 2.24) is 0 Å². The molecule has 1 atom stereocenters. The maximum Gasteiger partial charge on any atom is 0.222 e. The molecule has 0 bridgehead atoms. The van der Waals surface area contributed by atoms with Crippen LogP contribution in [0.5, 0.6) is 0 Å². The van der Waals surface area contributed by atoms with Crippen LogP contribution in [0.3, 0.4) is 0 Å². The van der Waals surface area contributed by atoms with Gasteiger partial charge in [0.2, 0.25) is 5.91 Å². The van der Waals surface area contributed by atoms with E-state index in [9.17, 15) is 4.79 Å². The number of hydrogen-bond acceptors (Lipinski definition) is 1. The van der Waals surface area contributed by atoms with Crippen LogP contribution >= 0.6 is 0 Å². The van der Waals surface area contributed by atoms with Gasteiger partial charge in [-0.15, -0.1) is 0 Å². The molecular weight excluding hydrogens is 142 g/mol. The predicted octanol–water partition coefficient (Wildman–Crippen LogP) is 2.26. The summed E-state index contributed by atoms with van der Waals surface area (Å²) in [6.07, 6.45) is 1.91. The van der Waals surface area contributed by atoms with Gasteiger partial charge in [-0.1, -0.05) is 13.8 Å². The normalized spacial score (nSPS) is 26.5. The van der Waals surface area contributed by atoms with Crippen molar-refractivity contribution in [3.05, 3.63) is 10.4 Å². The van der Waals surface area contributed by atoms with Crippen LogP contribution in [0.25, 0.3) is 10.4 Å². The van der Waals surface area contributed by atoms with E-state index >= 15 is 0 Å². The van der Waals surface area contributed by atoms with E-state index in [1.807, 2.05) is 13.8 Å². The van der Waals surface area contributed by atoms with Crippen LogP contribution < -0.4 is 0 Å². The molecule has 0 radical (unpaired) electrons. The van der Waals surface area contributed by atoms with E-state index in [2.05, 4.69) is 10.0 Å². The van der Waals surface area contributed by atoms with Gasteiger partial charge in [-0.25, -0.2) is 0 Å². The zero-order chi connectivity index (χ0) is 8.48. The first-order valence-corrected chi connectivity index (χ1v) is 3.67.